The summed E-state index contributed by atoms with van der Waals surface area (Å²) < 4.78 is 29.4. The molecule has 0 unspecified atom stereocenters. The molecule has 1 saturated carbocycles. The number of hydrogen-bond acceptors (Lipinski definition) is 8. The fraction of sp³-hybridized carbons (Fsp3) is 0.533. The van der Waals surface area contributed by atoms with Crippen LogP contribution < -0.4 is 0 Å². The maximum absolute atomic E-state index is 12.5. The van der Waals surface area contributed by atoms with Gasteiger partial charge in [0.15, 0.2) is 15.4 Å². The summed E-state index contributed by atoms with van der Waals surface area (Å²) in [6.45, 7) is 0. The summed E-state index contributed by atoms with van der Waals surface area (Å²) in [4.78, 5) is 11.6. The Morgan fingerprint density at radius 2 is 1.83 bits per heavy atom. The van der Waals surface area contributed by atoms with Gasteiger partial charge in [0, 0.05) is 12.8 Å². The first-order valence-corrected chi connectivity index (χ1v) is 8.86. The summed E-state index contributed by atoms with van der Waals surface area (Å²) >= 11 is 0. The van der Waals surface area contributed by atoms with E-state index in [4.69, 9.17) is 0 Å². The van der Waals surface area contributed by atoms with Gasteiger partial charge in [-0.3, -0.25) is 0 Å². The molecule has 0 heterocycles. The molecule has 0 aromatic heterocycles. The fourth-order valence-electron chi connectivity index (χ4n) is 3.02. The Hall–Kier alpha value is -1.52. The van der Waals surface area contributed by atoms with Crippen molar-refractivity contribution in [2.24, 2.45) is 0 Å². The van der Waals surface area contributed by atoms with Crippen LogP contribution in [0.2, 0.25) is 0 Å². The molecule has 24 heavy (non-hydrogen) atoms. The Morgan fingerprint density at radius 3 is 2.38 bits per heavy atom. The van der Waals surface area contributed by atoms with E-state index < -0.39 is 57.8 Å². The van der Waals surface area contributed by atoms with Gasteiger partial charge in [0.05, 0.1) is 23.9 Å². The number of esters is 1. The van der Waals surface area contributed by atoms with E-state index in [0.717, 1.165) is 7.11 Å². The molecule has 134 valence electrons. The maximum atomic E-state index is 12.5. The molecule has 0 saturated heterocycles. The normalized spacial score (nSPS) is 33.9. The molecule has 0 spiro atoms. The summed E-state index contributed by atoms with van der Waals surface area (Å²) in [5.41, 5.74) is -4.72. The van der Waals surface area contributed by atoms with E-state index in [0.29, 0.717) is 0 Å². The van der Waals surface area contributed by atoms with E-state index in [2.05, 4.69) is 4.74 Å². The van der Waals surface area contributed by atoms with Crippen LogP contribution in [0.3, 0.4) is 0 Å². The largest absolute Gasteiger partial charge is 0.467 e. The van der Waals surface area contributed by atoms with Crippen molar-refractivity contribution in [3.8, 4) is 0 Å². The van der Waals surface area contributed by atoms with Gasteiger partial charge in [0.1, 0.15) is 11.7 Å². The fourth-order valence-corrected chi connectivity index (χ4v) is 4.69. The summed E-state index contributed by atoms with van der Waals surface area (Å²) in [6, 6.07) is 7.23. The topological polar surface area (TPSA) is 141 Å². The van der Waals surface area contributed by atoms with Crippen LogP contribution in [0.1, 0.15) is 12.8 Å². The molecule has 2 rings (SSSR count). The van der Waals surface area contributed by atoms with Gasteiger partial charge in [0.2, 0.25) is 0 Å². The first-order chi connectivity index (χ1) is 11.0. The number of aliphatic hydroxyl groups excluding tert-OH is 2. The lowest BCUT2D eigenvalue weighted by atomic mass is 9.72. The standard InChI is InChI=1S/C15H20O8S/c1-23-13(18)14(19)7-11(16)12(17)15(20,8-14)9-24(21,22)10-5-3-2-4-6-10/h2-6,11-12,16-17,19-20H,7-9H2,1H3/t11-,12+,14-,15-/m1/s1. The van der Waals surface area contributed by atoms with Crippen molar-refractivity contribution >= 4 is 15.8 Å². The van der Waals surface area contributed by atoms with Gasteiger partial charge >= 0.3 is 5.97 Å². The molecular weight excluding hydrogens is 340 g/mol. The predicted molar refractivity (Wildman–Crippen MR) is 81.7 cm³/mol. The van der Waals surface area contributed by atoms with Crippen LogP contribution in [-0.4, -0.2) is 71.1 Å². The van der Waals surface area contributed by atoms with E-state index in [1.54, 1.807) is 6.07 Å². The van der Waals surface area contributed by atoms with Gasteiger partial charge in [-0.25, -0.2) is 13.2 Å². The molecule has 1 aliphatic rings. The molecule has 0 amide bonds. The van der Waals surface area contributed by atoms with Crippen molar-refractivity contribution in [2.75, 3.05) is 12.9 Å². The molecule has 4 N–H and O–H groups in total. The van der Waals surface area contributed by atoms with Crippen molar-refractivity contribution in [1.82, 2.24) is 0 Å². The lowest BCUT2D eigenvalue weighted by molar-refractivity contribution is -0.211. The molecular formula is C15H20O8S. The smallest absolute Gasteiger partial charge is 0.338 e. The lowest BCUT2D eigenvalue weighted by Crippen LogP contribution is -2.65. The molecule has 1 aromatic carbocycles. The average Bonchev–Trinajstić information content (AvgIpc) is 2.52. The maximum Gasteiger partial charge on any atom is 0.338 e. The van der Waals surface area contributed by atoms with Crippen molar-refractivity contribution in [2.45, 2.75) is 41.1 Å². The van der Waals surface area contributed by atoms with E-state index in [1.807, 2.05) is 0 Å². The number of methoxy groups -OCH3 is 1. The molecule has 9 heteroatoms. The number of ether oxygens (including phenoxy) is 1. The third-order valence-corrected chi connectivity index (χ3v) is 6.04. The van der Waals surface area contributed by atoms with Crippen molar-refractivity contribution in [3.63, 3.8) is 0 Å². The van der Waals surface area contributed by atoms with E-state index in [1.165, 1.54) is 24.3 Å². The van der Waals surface area contributed by atoms with E-state index >= 15 is 0 Å². The van der Waals surface area contributed by atoms with Crippen LogP contribution in [0.25, 0.3) is 0 Å². The van der Waals surface area contributed by atoms with E-state index in [-0.39, 0.29) is 4.90 Å². The summed E-state index contributed by atoms with van der Waals surface area (Å²) in [5.74, 6) is -2.09. The van der Waals surface area contributed by atoms with Gasteiger partial charge in [-0.1, -0.05) is 18.2 Å². The van der Waals surface area contributed by atoms with Gasteiger partial charge < -0.3 is 25.2 Å². The first-order valence-electron chi connectivity index (χ1n) is 7.21. The molecule has 1 aliphatic carbocycles. The highest BCUT2D eigenvalue weighted by molar-refractivity contribution is 7.91. The highest BCUT2D eigenvalue weighted by Crippen LogP contribution is 2.38. The monoisotopic (exact) mass is 360 g/mol. The summed E-state index contributed by atoms with van der Waals surface area (Å²) in [6.07, 6.45) is -4.90. The van der Waals surface area contributed by atoms with Crippen molar-refractivity contribution < 1.29 is 38.4 Å². The van der Waals surface area contributed by atoms with E-state index in [9.17, 15) is 33.6 Å². The zero-order valence-electron chi connectivity index (χ0n) is 13.0. The molecule has 0 bridgehead atoms. The average molecular weight is 360 g/mol. The minimum atomic E-state index is -4.04. The predicted octanol–water partition coefficient (Wildman–Crippen LogP) is -1.39. The minimum absolute atomic E-state index is 0.0905. The molecule has 0 aliphatic heterocycles. The van der Waals surface area contributed by atoms with Crippen LogP contribution in [0.4, 0.5) is 0 Å². The van der Waals surface area contributed by atoms with Crippen LogP contribution in [0.5, 0.6) is 0 Å². The third kappa shape index (κ3) is 3.45. The minimum Gasteiger partial charge on any atom is -0.467 e. The van der Waals surface area contributed by atoms with Crippen LogP contribution in [0.15, 0.2) is 35.2 Å². The highest BCUT2D eigenvalue weighted by Gasteiger charge is 2.58. The quantitative estimate of drug-likeness (QED) is 0.481. The molecule has 1 aromatic rings. The Labute approximate surface area is 139 Å². The zero-order valence-corrected chi connectivity index (χ0v) is 13.8. The van der Waals surface area contributed by atoms with Gasteiger partial charge in [-0.15, -0.1) is 0 Å². The molecule has 1 fully saturated rings. The van der Waals surface area contributed by atoms with Crippen molar-refractivity contribution in [1.29, 1.82) is 0 Å². The highest BCUT2D eigenvalue weighted by atomic mass is 32.2. The number of rotatable bonds is 4. The van der Waals surface area contributed by atoms with Crippen LogP contribution in [-0.2, 0) is 19.4 Å². The molecule has 4 atom stereocenters. The number of sulfone groups is 1. The first kappa shape index (κ1) is 18.8. The number of aliphatic hydroxyl groups is 4. The van der Waals surface area contributed by atoms with Gasteiger partial charge in [0.25, 0.3) is 0 Å². The number of hydrogen-bond donors (Lipinski definition) is 4. The third-order valence-electron chi connectivity index (χ3n) is 4.17. The van der Waals surface area contributed by atoms with Crippen molar-refractivity contribution in [3.05, 3.63) is 30.3 Å². The van der Waals surface area contributed by atoms with Crippen LogP contribution in [0, 0.1) is 0 Å². The number of carbonyl (C=O) groups excluding carboxylic acids is 1. The Bertz CT molecular complexity index is 703. The molecule has 8 nitrogen and oxygen atoms in total. The zero-order chi connectivity index (χ0) is 18.2. The Balaban J connectivity index is 2.37. The second-order valence-electron chi connectivity index (χ2n) is 6.09. The summed E-state index contributed by atoms with van der Waals surface area (Å²) in [7, 11) is -3.03. The van der Waals surface area contributed by atoms with Gasteiger partial charge in [-0.2, -0.15) is 0 Å². The number of carbonyl (C=O) groups is 1. The van der Waals surface area contributed by atoms with Gasteiger partial charge in [-0.05, 0) is 12.1 Å². The number of benzene rings is 1. The van der Waals surface area contributed by atoms with Crippen LogP contribution >= 0.6 is 0 Å². The lowest BCUT2D eigenvalue weighted by Gasteiger charge is -2.45. The molecule has 0 radical (unpaired) electrons. The second-order valence-corrected chi connectivity index (χ2v) is 8.08. The SMILES string of the molecule is COC(=O)[C@@]1(O)C[C@@H](O)[C@H](O)[C@](O)(CS(=O)(=O)c2ccccc2)C1. The summed E-state index contributed by atoms with van der Waals surface area (Å²) in [5, 5.41) is 40.9. The Morgan fingerprint density at radius 1 is 1.25 bits per heavy atom. The Kier molecular flexibility index (Phi) is 5.03. The second kappa shape index (κ2) is 6.41.